The SMILES string of the molecule is Cc1nc2ccc3[nH][nH]c(C(=O)O)c3c2n1. The van der Waals surface area contributed by atoms with Gasteiger partial charge in [0, 0.05) is 0 Å². The minimum absolute atomic E-state index is 0.112. The maximum atomic E-state index is 11.0. The molecule has 0 aliphatic rings. The average Bonchev–Trinajstić information content (AvgIpc) is 2.77. The molecule has 3 aromatic rings. The molecule has 6 nitrogen and oxygen atoms in total. The Morgan fingerprint density at radius 2 is 2.12 bits per heavy atom. The van der Waals surface area contributed by atoms with Gasteiger partial charge < -0.3 is 5.11 Å². The van der Waals surface area contributed by atoms with E-state index in [1.807, 2.05) is 6.07 Å². The van der Waals surface area contributed by atoms with Crippen LogP contribution in [0.15, 0.2) is 12.1 Å². The molecule has 0 bridgehead atoms. The van der Waals surface area contributed by atoms with Crippen LogP contribution in [-0.2, 0) is 0 Å². The van der Waals surface area contributed by atoms with E-state index in [2.05, 4.69) is 20.2 Å². The van der Waals surface area contributed by atoms with E-state index in [1.54, 1.807) is 13.0 Å². The van der Waals surface area contributed by atoms with E-state index in [4.69, 9.17) is 5.11 Å². The van der Waals surface area contributed by atoms with Gasteiger partial charge in [0.05, 0.1) is 16.4 Å². The number of carboxylic acid groups (broad SMARTS) is 1. The first kappa shape index (κ1) is 8.90. The minimum Gasteiger partial charge on any atom is -0.477 e. The van der Waals surface area contributed by atoms with Gasteiger partial charge in [0.15, 0.2) is 5.69 Å². The largest absolute Gasteiger partial charge is 0.477 e. The van der Waals surface area contributed by atoms with Gasteiger partial charge in [-0.3, -0.25) is 10.2 Å². The van der Waals surface area contributed by atoms with Gasteiger partial charge in [0.25, 0.3) is 0 Å². The third-order valence-corrected chi connectivity index (χ3v) is 2.50. The molecule has 6 heteroatoms. The normalized spacial score (nSPS) is 11.3. The minimum atomic E-state index is -1.01. The number of fused-ring (bicyclic) bond motifs is 3. The summed E-state index contributed by atoms with van der Waals surface area (Å²) < 4.78 is 0. The van der Waals surface area contributed by atoms with Crippen molar-refractivity contribution in [3.63, 3.8) is 0 Å². The molecule has 2 heterocycles. The van der Waals surface area contributed by atoms with Crippen molar-refractivity contribution in [2.45, 2.75) is 6.92 Å². The zero-order valence-electron chi connectivity index (χ0n) is 8.40. The molecule has 16 heavy (non-hydrogen) atoms. The molecule has 80 valence electrons. The maximum absolute atomic E-state index is 11.0. The molecular formula is C10H8N4O2. The smallest absolute Gasteiger partial charge is 0.354 e. The number of H-pyrrole nitrogens is 2. The number of nitrogens with zero attached hydrogens (tertiary/aromatic N) is 2. The van der Waals surface area contributed by atoms with Crippen LogP contribution < -0.4 is 0 Å². The average molecular weight is 216 g/mol. The second-order valence-corrected chi connectivity index (χ2v) is 3.56. The van der Waals surface area contributed by atoms with E-state index < -0.39 is 5.97 Å². The van der Waals surface area contributed by atoms with Crippen LogP contribution in [0.2, 0.25) is 0 Å². The fourth-order valence-electron chi connectivity index (χ4n) is 1.85. The quantitative estimate of drug-likeness (QED) is 0.573. The summed E-state index contributed by atoms with van der Waals surface area (Å²) in [4.78, 5) is 19.5. The highest BCUT2D eigenvalue weighted by molar-refractivity contribution is 6.12. The number of carboxylic acids is 1. The summed E-state index contributed by atoms with van der Waals surface area (Å²) in [6.07, 6.45) is 0. The predicted molar refractivity (Wildman–Crippen MR) is 57.4 cm³/mol. The molecule has 2 aromatic heterocycles. The molecule has 0 spiro atoms. The highest BCUT2D eigenvalue weighted by atomic mass is 16.4. The lowest BCUT2D eigenvalue weighted by Gasteiger charge is -1.92. The van der Waals surface area contributed by atoms with Crippen LogP contribution in [0.4, 0.5) is 0 Å². The van der Waals surface area contributed by atoms with Crippen molar-refractivity contribution in [2.24, 2.45) is 0 Å². The number of aryl methyl sites for hydroxylation is 1. The Bertz CT molecular complexity index is 710. The monoisotopic (exact) mass is 216 g/mol. The molecule has 0 saturated carbocycles. The van der Waals surface area contributed by atoms with Crippen LogP contribution in [-0.4, -0.2) is 31.2 Å². The molecule has 3 rings (SSSR count). The summed E-state index contributed by atoms with van der Waals surface area (Å²) in [7, 11) is 0. The van der Waals surface area contributed by atoms with Crippen molar-refractivity contribution in [3.05, 3.63) is 23.7 Å². The Morgan fingerprint density at radius 3 is 2.88 bits per heavy atom. The topological polar surface area (TPSA) is 94.7 Å². The number of aromatic nitrogens is 4. The van der Waals surface area contributed by atoms with Gasteiger partial charge in [-0.1, -0.05) is 0 Å². The molecule has 0 aliphatic carbocycles. The van der Waals surface area contributed by atoms with Crippen LogP contribution in [0.25, 0.3) is 21.9 Å². The fourth-order valence-corrected chi connectivity index (χ4v) is 1.85. The number of benzene rings is 1. The Hall–Kier alpha value is -2.37. The number of hydrogen-bond acceptors (Lipinski definition) is 3. The number of hydrogen-bond donors (Lipinski definition) is 3. The molecule has 1 aromatic carbocycles. The van der Waals surface area contributed by atoms with Gasteiger partial charge in [-0.05, 0) is 19.1 Å². The van der Waals surface area contributed by atoms with E-state index in [9.17, 15) is 4.79 Å². The maximum Gasteiger partial charge on any atom is 0.354 e. The highest BCUT2D eigenvalue weighted by Gasteiger charge is 2.16. The highest BCUT2D eigenvalue weighted by Crippen LogP contribution is 2.24. The second kappa shape index (κ2) is 2.82. The van der Waals surface area contributed by atoms with E-state index in [0.29, 0.717) is 27.8 Å². The van der Waals surface area contributed by atoms with Gasteiger partial charge >= 0.3 is 5.97 Å². The molecule has 0 amide bonds. The second-order valence-electron chi connectivity index (χ2n) is 3.56. The summed E-state index contributed by atoms with van der Waals surface area (Å²) >= 11 is 0. The van der Waals surface area contributed by atoms with E-state index in [0.717, 1.165) is 0 Å². The lowest BCUT2D eigenvalue weighted by molar-refractivity contribution is 0.0692. The molecule has 0 fully saturated rings. The summed E-state index contributed by atoms with van der Waals surface area (Å²) in [5.41, 5.74) is 2.15. The molecular weight excluding hydrogens is 208 g/mol. The van der Waals surface area contributed by atoms with Gasteiger partial charge in [-0.15, -0.1) is 0 Å². The molecule has 0 unspecified atom stereocenters. The van der Waals surface area contributed by atoms with Crippen LogP contribution in [0.3, 0.4) is 0 Å². The Labute approximate surface area is 89.3 Å². The summed E-state index contributed by atoms with van der Waals surface area (Å²) in [6, 6.07) is 3.60. The van der Waals surface area contributed by atoms with E-state index in [-0.39, 0.29) is 5.69 Å². The third-order valence-electron chi connectivity index (χ3n) is 2.50. The first-order valence-electron chi connectivity index (χ1n) is 4.73. The van der Waals surface area contributed by atoms with Crippen molar-refractivity contribution >= 4 is 27.9 Å². The number of rotatable bonds is 1. The lowest BCUT2D eigenvalue weighted by atomic mass is 10.2. The number of aromatic amines is 2. The van der Waals surface area contributed by atoms with Crippen molar-refractivity contribution in [1.82, 2.24) is 20.2 Å². The van der Waals surface area contributed by atoms with Crippen molar-refractivity contribution in [2.75, 3.05) is 0 Å². The van der Waals surface area contributed by atoms with Crippen LogP contribution in [0.1, 0.15) is 16.3 Å². The molecule has 3 N–H and O–H groups in total. The van der Waals surface area contributed by atoms with Crippen LogP contribution >= 0.6 is 0 Å². The number of carbonyl (C=O) groups is 1. The number of imidazole rings is 1. The third kappa shape index (κ3) is 1.04. The lowest BCUT2D eigenvalue weighted by Crippen LogP contribution is -1.97. The van der Waals surface area contributed by atoms with Gasteiger partial charge in [-0.2, -0.15) is 0 Å². The molecule has 0 saturated heterocycles. The molecule has 0 atom stereocenters. The van der Waals surface area contributed by atoms with Crippen molar-refractivity contribution < 1.29 is 9.90 Å². The van der Waals surface area contributed by atoms with E-state index >= 15 is 0 Å². The zero-order valence-corrected chi connectivity index (χ0v) is 8.40. The van der Waals surface area contributed by atoms with Crippen molar-refractivity contribution in [3.8, 4) is 0 Å². The van der Waals surface area contributed by atoms with Crippen LogP contribution in [0.5, 0.6) is 0 Å². The first-order chi connectivity index (χ1) is 7.66. The van der Waals surface area contributed by atoms with Gasteiger partial charge in [0.2, 0.25) is 0 Å². The number of nitrogens with one attached hydrogen (secondary N) is 2. The van der Waals surface area contributed by atoms with E-state index in [1.165, 1.54) is 0 Å². The first-order valence-corrected chi connectivity index (χ1v) is 4.73. The summed E-state index contributed by atoms with van der Waals surface area (Å²) in [5.74, 6) is -0.376. The van der Waals surface area contributed by atoms with Crippen molar-refractivity contribution in [1.29, 1.82) is 0 Å². The predicted octanol–water partition coefficient (Wildman–Crippen LogP) is 1.45. The zero-order chi connectivity index (χ0) is 11.3. The van der Waals surface area contributed by atoms with Gasteiger partial charge in [-0.25, -0.2) is 14.8 Å². The summed E-state index contributed by atoms with van der Waals surface area (Å²) in [6.45, 7) is 1.78. The fraction of sp³-hybridized carbons (Fsp3) is 0.100. The van der Waals surface area contributed by atoms with Crippen LogP contribution in [0, 0.1) is 6.92 Å². The Morgan fingerprint density at radius 1 is 1.31 bits per heavy atom. The molecule has 0 radical (unpaired) electrons. The van der Waals surface area contributed by atoms with Gasteiger partial charge in [0.1, 0.15) is 11.3 Å². The standard InChI is InChI=1S/C10H8N4O2/c1-4-11-6-3-2-5-7(8(6)12-4)9(10(15)16)14-13-5/h2-3,13-14H,1H3,(H,15,16). The number of aromatic carboxylic acids is 1. The Kier molecular flexibility index (Phi) is 1.57. The summed E-state index contributed by atoms with van der Waals surface area (Å²) in [5, 5.41) is 15.0. The Balaban J connectivity index is 2.55. The molecule has 0 aliphatic heterocycles.